The van der Waals surface area contributed by atoms with E-state index in [1.54, 1.807) is 0 Å². The van der Waals surface area contributed by atoms with E-state index in [-0.39, 0.29) is 0 Å². The first kappa shape index (κ1) is 5.67. The summed E-state index contributed by atoms with van der Waals surface area (Å²) in [5, 5.41) is 0. The van der Waals surface area contributed by atoms with Gasteiger partial charge in [-0.3, -0.25) is 0 Å². The predicted octanol–water partition coefficient (Wildman–Crippen LogP) is 0.753. The van der Waals surface area contributed by atoms with Crippen LogP contribution < -0.4 is 5.73 Å². The Morgan fingerprint density at radius 2 is 2.20 bits per heavy atom. The van der Waals surface area contributed by atoms with Crippen molar-refractivity contribution < 1.29 is 0 Å². The molecule has 0 aromatic heterocycles. The third-order valence-corrected chi connectivity index (χ3v) is 1.91. The van der Waals surface area contributed by atoms with E-state index in [1.165, 1.54) is 11.4 Å². The minimum Gasteiger partial charge on any atom is -0.384 e. The number of nitrogens with two attached hydrogens (primary N) is 1. The third kappa shape index (κ3) is 4.67. The zero-order valence-corrected chi connectivity index (χ0v) is 5.26. The fraction of sp³-hybridized carbons (Fsp3) is 0. The van der Waals surface area contributed by atoms with Gasteiger partial charge in [-0.15, -0.1) is 0 Å². The quantitative estimate of drug-likeness (QED) is 0.382. The summed E-state index contributed by atoms with van der Waals surface area (Å²) in [6, 6.07) is 0. The molecule has 1 atom stereocenters. The largest absolute Gasteiger partial charge is 0.384 e. The van der Waals surface area contributed by atoms with E-state index in [9.17, 15) is 0 Å². The van der Waals surface area contributed by atoms with Crippen molar-refractivity contribution in [2.75, 3.05) is 0 Å². The lowest BCUT2D eigenvalue weighted by Crippen LogP contribution is -1.97. The molecule has 0 aliphatic carbocycles. The van der Waals surface area contributed by atoms with E-state index in [1.807, 2.05) is 0 Å². The molecule has 0 heterocycles. The second-order valence-electron chi connectivity index (χ2n) is 0.437. The summed E-state index contributed by atoms with van der Waals surface area (Å²) in [6.07, 6.45) is 0. The van der Waals surface area contributed by atoms with Crippen LogP contribution in [0.25, 0.3) is 0 Å². The van der Waals surface area contributed by atoms with E-state index >= 15 is 0 Å². The third-order valence-electron chi connectivity index (χ3n) is 0.116. The summed E-state index contributed by atoms with van der Waals surface area (Å²) >= 11 is 5.72. The molecule has 0 bridgehead atoms. The highest BCUT2D eigenvalue weighted by Crippen LogP contribution is 2.07. The van der Waals surface area contributed by atoms with E-state index in [0.717, 1.165) is 0 Å². The van der Waals surface area contributed by atoms with Gasteiger partial charge in [-0.25, -0.2) is 0 Å². The van der Waals surface area contributed by atoms with Crippen LogP contribution in [0.5, 0.6) is 0 Å². The molecule has 0 rings (SSSR count). The molecule has 1 nitrogen and oxygen atoms in total. The number of rotatable bonds is 0. The SMILES string of the molecule is NC(=S)SP. The highest BCUT2D eigenvalue weighted by molar-refractivity contribution is 8.55. The van der Waals surface area contributed by atoms with Gasteiger partial charge in [0.1, 0.15) is 4.32 Å². The van der Waals surface area contributed by atoms with Gasteiger partial charge in [0.2, 0.25) is 0 Å². The van der Waals surface area contributed by atoms with E-state index in [0.29, 0.717) is 4.32 Å². The molecule has 0 fully saturated rings. The molecule has 4 heteroatoms. The minimum atomic E-state index is 0.468. The molecule has 0 aromatic carbocycles. The van der Waals surface area contributed by atoms with E-state index in [4.69, 9.17) is 5.73 Å². The Labute approximate surface area is 42.6 Å². The van der Waals surface area contributed by atoms with Crippen molar-refractivity contribution in [1.29, 1.82) is 0 Å². The zero-order chi connectivity index (χ0) is 4.28. The molecular weight excluding hydrogens is 121 g/mol. The topological polar surface area (TPSA) is 26.0 Å². The lowest BCUT2D eigenvalue weighted by molar-refractivity contribution is 1.91. The molecule has 0 spiro atoms. The highest BCUT2D eigenvalue weighted by atomic mass is 32.7. The van der Waals surface area contributed by atoms with Crippen molar-refractivity contribution in [3.05, 3.63) is 0 Å². The van der Waals surface area contributed by atoms with Crippen LogP contribution in [-0.2, 0) is 0 Å². The fourth-order valence-electron chi connectivity index (χ4n) is 0. The standard InChI is InChI=1S/CH4NPS2/c2-1(4)5-3/h3H2,(H2,2,4). The second kappa shape index (κ2) is 2.88. The van der Waals surface area contributed by atoms with Gasteiger partial charge in [-0.05, 0) is 0 Å². The summed E-state index contributed by atoms with van der Waals surface area (Å²) in [6.45, 7) is 0. The van der Waals surface area contributed by atoms with Crippen LogP contribution in [0.1, 0.15) is 0 Å². The van der Waals surface area contributed by atoms with Crippen LogP contribution in [0.2, 0.25) is 0 Å². The Kier molecular flexibility index (Phi) is 3.27. The first-order valence-electron chi connectivity index (χ1n) is 0.933. The summed E-state index contributed by atoms with van der Waals surface area (Å²) < 4.78 is 0.468. The van der Waals surface area contributed by atoms with Crippen molar-refractivity contribution in [2.24, 2.45) is 5.73 Å². The van der Waals surface area contributed by atoms with Gasteiger partial charge in [-0.2, -0.15) is 0 Å². The summed E-state index contributed by atoms with van der Waals surface area (Å²) in [4.78, 5) is 0. The molecule has 2 N–H and O–H groups in total. The van der Waals surface area contributed by atoms with E-state index < -0.39 is 0 Å². The number of thiocarbonyl (C=S) groups is 1. The second-order valence-corrected chi connectivity index (χ2v) is 2.52. The average molecular weight is 125 g/mol. The van der Waals surface area contributed by atoms with Gasteiger partial charge in [0, 0.05) is 0 Å². The van der Waals surface area contributed by atoms with Crippen LogP contribution in [0.15, 0.2) is 0 Å². The monoisotopic (exact) mass is 125 g/mol. The van der Waals surface area contributed by atoms with Gasteiger partial charge in [0.05, 0.1) is 0 Å². The van der Waals surface area contributed by atoms with Gasteiger partial charge in [-0.1, -0.05) is 32.0 Å². The maximum absolute atomic E-state index is 4.97. The Hall–Kier alpha value is 0.670. The molecule has 0 aromatic rings. The van der Waals surface area contributed by atoms with Gasteiger partial charge in [0.25, 0.3) is 0 Å². The van der Waals surface area contributed by atoms with Crippen LogP contribution in [0.3, 0.4) is 0 Å². The molecule has 0 radical (unpaired) electrons. The molecule has 0 saturated heterocycles. The molecule has 5 heavy (non-hydrogen) atoms. The highest BCUT2D eigenvalue weighted by Gasteiger charge is 1.71. The van der Waals surface area contributed by atoms with Crippen LogP contribution in [-0.4, -0.2) is 4.32 Å². The molecular formula is CH4NPS2. The first-order valence-corrected chi connectivity index (χ1v) is 3.63. The molecule has 0 aliphatic heterocycles. The summed E-state index contributed by atoms with van der Waals surface area (Å²) in [5.41, 5.74) is 4.97. The lowest BCUT2D eigenvalue weighted by Gasteiger charge is -1.77. The first-order chi connectivity index (χ1) is 2.27. The Morgan fingerprint density at radius 1 is 2.00 bits per heavy atom. The number of hydrogen-bond donors (Lipinski definition) is 1. The molecule has 1 unspecified atom stereocenters. The summed E-state index contributed by atoms with van der Waals surface area (Å²) in [5.74, 6) is 0. The van der Waals surface area contributed by atoms with Gasteiger partial charge < -0.3 is 5.73 Å². The predicted molar refractivity (Wildman–Crippen MR) is 34.1 cm³/mol. The van der Waals surface area contributed by atoms with Gasteiger partial charge in [0.15, 0.2) is 0 Å². The normalized spacial score (nSPS) is 7.40. The maximum atomic E-state index is 4.97. The van der Waals surface area contributed by atoms with Crippen LogP contribution >= 0.6 is 32.0 Å². The van der Waals surface area contributed by atoms with Crippen LogP contribution in [0.4, 0.5) is 0 Å². The van der Waals surface area contributed by atoms with Crippen molar-refractivity contribution in [1.82, 2.24) is 0 Å². The summed E-state index contributed by atoms with van der Waals surface area (Å²) in [7, 11) is 2.34. The van der Waals surface area contributed by atoms with E-state index in [2.05, 4.69) is 20.7 Å². The van der Waals surface area contributed by atoms with Crippen LogP contribution in [0, 0.1) is 0 Å². The zero-order valence-electron chi connectivity index (χ0n) is 2.47. The average Bonchev–Trinajstić information content (AvgIpc) is 1.38. The van der Waals surface area contributed by atoms with Crippen molar-refractivity contribution in [2.45, 2.75) is 0 Å². The smallest absolute Gasteiger partial charge is 0.134 e. The molecule has 0 aliphatic rings. The molecule has 0 amide bonds. The molecule has 30 valence electrons. The lowest BCUT2D eigenvalue weighted by atomic mass is 11.5. The Balaban J connectivity index is 2.85. The van der Waals surface area contributed by atoms with Crippen molar-refractivity contribution in [3.8, 4) is 0 Å². The number of hydrogen-bond acceptors (Lipinski definition) is 2. The van der Waals surface area contributed by atoms with Crippen molar-refractivity contribution in [3.63, 3.8) is 0 Å². The van der Waals surface area contributed by atoms with Gasteiger partial charge >= 0.3 is 0 Å². The Bertz CT molecular complexity index is 44.9. The maximum Gasteiger partial charge on any atom is 0.134 e. The molecule has 0 saturated carbocycles. The Morgan fingerprint density at radius 3 is 2.20 bits per heavy atom. The van der Waals surface area contributed by atoms with Crippen molar-refractivity contribution >= 4 is 36.4 Å². The fourth-order valence-corrected chi connectivity index (χ4v) is 0. The minimum absolute atomic E-state index is 0.468.